The summed E-state index contributed by atoms with van der Waals surface area (Å²) in [7, 11) is 0. The molecule has 2 aromatic carbocycles. The third-order valence-corrected chi connectivity index (χ3v) is 10.7. The van der Waals surface area contributed by atoms with Crippen LogP contribution in [0.5, 0.6) is 0 Å². The molecule has 1 fully saturated rings. The lowest BCUT2D eigenvalue weighted by atomic mass is 10.0. The second-order valence-corrected chi connectivity index (χ2v) is 15.5. The van der Waals surface area contributed by atoms with Crippen molar-refractivity contribution >= 4 is 28.7 Å². The molecule has 51 heavy (non-hydrogen) atoms. The number of aryl methyl sites for hydroxylation is 1. The van der Waals surface area contributed by atoms with E-state index in [4.69, 9.17) is 15.5 Å². The number of carbonyl (C=O) groups is 2. The number of esters is 1. The first-order chi connectivity index (χ1) is 24.9. The first kappa shape index (κ1) is 38.8. The van der Waals surface area contributed by atoms with E-state index in [-0.39, 0.29) is 18.0 Å². The van der Waals surface area contributed by atoms with Gasteiger partial charge in [-0.2, -0.15) is 0 Å². The number of unbranched alkanes of at least 4 members (excludes halogenated alkanes) is 14. The van der Waals surface area contributed by atoms with Gasteiger partial charge in [-0.25, -0.2) is 9.78 Å². The lowest BCUT2D eigenvalue weighted by molar-refractivity contribution is -0.158. The molecule has 1 unspecified atom stereocenters. The molecule has 3 aromatic rings. The highest BCUT2D eigenvalue weighted by molar-refractivity contribution is 5.96. The zero-order chi connectivity index (χ0) is 36.0. The van der Waals surface area contributed by atoms with E-state index in [1.165, 1.54) is 77.0 Å². The molecule has 0 spiro atoms. The first-order valence-corrected chi connectivity index (χ1v) is 20.5. The molecule has 2 aliphatic rings. The van der Waals surface area contributed by atoms with E-state index in [0.29, 0.717) is 25.4 Å². The predicted octanol–water partition coefficient (Wildman–Crippen LogP) is 10.9. The number of nitrogens with two attached hydrogens (primary N) is 1. The maximum Gasteiger partial charge on any atom is 0.328 e. The normalized spacial score (nSPS) is 16.0. The molecular weight excluding hydrogens is 635 g/mol. The van der Waals surface area contributed by atoms with E-state index < -0.39 is 6.23 Å². The highest BCUT2D eigenvalue weighted by atomic mass is 16.6. The van der Waals surface area contributed by atoms with Crippen LogP contribution in [0.2, 0.25) is 0 Å². The quantitative estimate of drug-likeness (QED) is 0.0742. The highest BCUT2D eigenvalue weighted by Crippen LogP contribution is 2.44. The fourth-order valence-electron chi connectivity index (χ4n) is 7.48. The molecule has 2 N–H and O–H groups in total. The molecule has 1 aliphatic heterocycles. The van der Waals surface area contributed by atoms with Gasteiger partial charge in [-0.3, -0.25) is 14.6 Å². The van der Waals surface area contributed by atoms with Gasteiger partial charge in [0.1, 0.15) is 5.82 Å². The predicted molar refractivity (Wildman–Crippen MR) is 208 cm³/mol. The summed E-state index contributed by atoms with van der Waals surface area (Å²) >= 11 is 0. The Hall–Kier alpha value is -3.39. The number of aromatic nitrogens is 2. The van der Waals surface area contributed by atoms with Gasteiger partial charge in [-0.05, 0) is 55.4 Å². The van der Waals surface area contributed by atoms with Crippen LogP contribution in [0.4, 0.5) is 10.5 Å². The monoisotopic (exact) mass is 700 g/mol. The third kappa shape index (κ3) is 11.1. The fourth-order valence-corrected chi connectivity index (χ4v) is 7.48. The molecule has 5 rings (SSSR count). The van der Waals surface area contributed by atoms with Crippen LogP contribution >= 0.6 is 0 Å². The molecular formula is C43H65N5O3. The van der Waals surface area contributed by atoms with Gasteiger partial charge in [0.15, 0.2) is 0 Å². The maximum atomic E-state index is 14.4. The molecule has 2 amide bonds. The highest BCUT2D eigenvalue weighted by Gasteiger charge is 2.47. The van der Waals surface area contributed by atoms with Crippen LogP contribution in [0, 0.1) is 5.92 Å². The molecule has 1 aromatic heterocycles. The number of nitrogens with zero attached hydrogens (tertiary/aromatic N) is 4. The number of para-hydroxylation sites is 1. The van der Waals surface area contributed by atoms with Crippen molar-refractivity contribution in [2.45, 2.75) is 175 Å². The number of urea groups is 1. The lowest BCUT2D eigenvalue weighted by Crippen LogP contribution is -2.51. The minimum absolute atomic E-state index is 0.0730. The van der Waals surface area contributed by atoms with E-state index >= 15 is 0 Å². The van der Waals surface area contributed by atoms with Gasteiger partial charge in [0.05, 0.1) is 23.3 Å². The van der Waals surface area contributed by atoms with Crippen molar-refractivity contribution < 1.29 is 14.3 Å². The summed E-state index contributed by atoms with van der Waals surface area (Å²) in [6.07, 6.45) is 21.9. The van der Waals surface area contributed by atoms with Crippen LogP contribution in [0.3, 0.4) is 0 Å². The number of amides is 2. The molecule has 2 heterocycles. The van der Waals surface area contributed by atoms with Crippen molar-refractivity contribution in [1.29, 1.82) is 0 Å². The number of rotatable bonds is 24. The van der Waals surface area contributed by atoms with Gasteiger partial charge in [0.2, 0.25) is 6.23 Å². The minimum Gasteiger partial charge on any atom is -0.437 e. The van der Waals surface area contributed by atoms with Crippen LogP contribution < -0.4 is 10.6 Å². The Bertz CT molecular complexity index is 1530. The number of fused-ring (bicyclic) bond motifs is 2. The number of ether oxygens (including phenoxy) is 1. The van der Waals surface area contributed by atoms with Crippen LogP contribution in [-0.2, 0) is 29.2 Å². The van der Waals surface area contributed by atoms with E-state index in [2.05, 4.69) is 43.5 Å². The van der Waals surface area contributed by atoms with Gasteiger partial charge in [-0.1, -0.05) is 135 Å². The van der Waals surface area contributed by atoms with Crippen molar-refractivity contribution in [1.82, 2.24) is 14.5 Å². The second kappa shape index (κ2) is 20.0. The van der Waals surface area contributed by atoms with Crippen LogP contribution in [0.15, 0.2) is 42.5 Å². The molecule has 8 nitrogen and oxygen atoms in total. The summed E-state index contributed by atoms with van der Waals surface area (Å²) in [6, 6.07) is 14.1. The van der Waals surface area contributed by atoms with Gasteiger partial charge in [-0.15, -0.1) is 0 Å². The van der Waals surface area contributed by atoms with Gasteiger partial charge in [0.25, 0.3) is 0 Å². The van der Waals surface area contributed by atoms with Crippen molar-refractivity contribution in [2.75, 3.05) is 4.90 Å². The number of hydrogen-bond acceptors (Lipinski definition) is 5. The first-order valence-electron chi connectivity index (χ1n) is 20.5. The average molecular weight is 700 g/mol. The number of benzene rings is 2. The lowest BCUT2D eigenvalue weighted by Gasteiger charge is -2.42. The molecule has 1 aliphatic carbocycles. The second-order valence-electron chi connectivity index (χ2n) is 15.5. The smallest absolute Gasteiger partial charge is 0.328 e. The number of anilines is 1. The molecule has 0 bridgehead atoms. The van der Waals surface area contributed by atoms with E-state index in [9.17, 15) is 9.59 Å². The van der Waals surface area contributed by atoms with Gasteiger partial charge in [0, 0.05) is 31.1 Å². The zero-order valence-corrected chi connectivity index (χ0v) is 31.9. The zero-order valence-electron chi connectivity index (χ0n) is 31.9. The van der Waals surface area contributed by atoms with Crippen LogP contribution in [-0.4, -0.2) is 32.5 Å². The van der Waals surface area contributed by atoms with Gasteiger partial charge >= 0.3 is 12.0 Å². The summed E-state index contributed by atoms with van der Waals surface area (Å²) in [6.45, 7) is 8.34. The Morgan fingerprint density at radius 1 is 0.882 bits per heavy atom. The van der Waals surface area contributed by atoms with E-state index in [1.54, 1.807) is 0 Å². The Labute approximate surface area is 307 Å². The molecule has 0 saturated heterocycles. The van der Waals surface area contributed by atoms with Crippen LogP contribution in [0.1, 0.15) is 166 Å². The van der Waals surface area contributed by atoms with Crippen molar-refractivity contribution in [3.63, 3.8) is 0 Å². The van der Waals surface area contributed by atoms with Crippen molar-refractivity contribution in [3.05, 3.63) is 59.4 Å². The molecule has 1 atom stereocenters. The molecule has 8 heteroatoms. The summed E-state index contributed by atoms with van der Waals surface area (Å²) in [4.78, 5) is 36.3. The summed E-state index contributed by atoms with van der Waals surface area (Å²) in [5.74, 6) is 1.16. The minimum atomic E-state index is -0.701. The number of hydrogen-bond donors (Lipinski definition) is 1. The molecule has 0 radical (unpaired) electrons. The summed E-state index contributed by atoms with van der Waals surface area (Å²) in [5.41, 5.74) is 10.6. The summed E-state index contributed by atoms with van der Waals surface area (Å²) < 4.78 is 8.45. The maximum absolute atomic E-state index is 14.4. The largest absolute Gasteiger partial charge is 0.437 e. The summed E-state index contributed by atoms with van der Waals surface area (Å²) in [5, 5.41) is 0. The molecule has 280 valence electrons. The SMILES string of the molecule is CCCCCCCCCCCCCCCCCC(=O)OC1c2ccccc2N(Cc2nc3cc(CN)ccc3n2CCC(C)C)C(=O)N1C1CC1. The van der Waals surface area contributed by atoms with E-state index in [0.717, 1.165) is 78.7 Å². The Kier molecular flexibility index (Phi) is 15.2. The fraction of sp³-hybridized carbons (Fsp3) is 0.651. The third-order valence-electron chi connectivity index (χ3n) is 10.7. The Morgan fingerprint density at radius 3 is 2.12 bits per heavy atom. The molecule has 1 saturated carbocycles. The Balaban J connectivity index is 1.15. The Morgan fingerprint density at radius 2 is 1.51 bits per heavy atom. The number of carbonyl (C=O) groups excluding carboxylic acids is 2. The average Bonchev–Trinajstić information content (AvgIpc) is 3.91. The van der Waals surface area contributed by atoms with Crippen LogP contribution in [0.25, 0.3) is 11.0 Å². The topological polar surface area (TPSA) is 93.7 Å². The van der Waals surface area contributed by atoms with E-state index in [1.807, 2.05) is 34.1 Å². The van der Waals surface area contributed by atoms with Crippen molar-refractivity contribution in [2.24, 2.45) is 11.7 Å². The number of imidazole rings is 1. The van der Waals surface area contributed by atoms with Crippen molar-refractivity contribution in [3.8, 4) is 0 Å². The van der Waals surface area contributed by atoms with Gasteiger partial charge < -0.3 is 15.0 Å². The standard InChI is InChI=1S/C43H65N5O3/c1-4-5-6-7-8-9-10-11-12-13-14-15-16-17-18-23-41(49)51-42-36-21-19-20-22-38(36)47(43(50)48(42)35-25-26-35)32-40-45-37-30-34(31-44)24-27-39(37)46(40)29-28-33(2)3/h19-22,24,27,30,33,35,42H,4-18,23,25-26,28-29,31-32,44H2,1-3H3.